The first-order chi connectivity index (χ1) is 9.11. The molecule has 0 atom stereocenters. The molecule has 0 aromatic heterocycles. The molecule has 0 aliphatic rings. The molecular weight excluding hydrogens is 275 g/mol. The van der Waals surface area contributed by atoms with Crippen LogP contribution in [0.3, 0.4) is 0 Å². The molecule has 0 amide bonds. The Bertz CT molecular complexity index is 434. The van der Waals surface area contributed by atoms with Crippen LogP contribution in [0.25, 0.3) is 0 Å². The Kier molecular flexibility index (Phi) is 8.24. The highest BCUT2D eigenvalue weighted by Crippen LogP contribution is 2.38. The third kappa shape index (κ3) is 10.6. The van der Waals surface area contributed by atoms with Crippen molar-refractivity contribution in [3.05, 3.63) is 30.3 Å². The van der Waals surface area contributed by atoms with Crippen LogP contribution in [0.4, 0.5) is 0 Å². The Hall–Kier alpha value is -1.28. The van der Waals surface area contributed by atoms with E-state index in [1.807, 2.05) is 45.9 Å². The van der Waals surface area contributed by atoms with Crippen LogP contribution in [0.5, 0.6) is 5.75 Å². The first kappa shape index (κ1) is 18.7. The molecule has 0 saturated carbocycles. The molecule has 0 N–H and O–H groups in total. The topological polar surface area (TPSA) is 52.6 Å². The molecule has 0 unspecified atom stereocenters. The van der Waals surface area contributed by atoms with E-state index in [2.05, 4.69) is 0 Å². The normalized spacial score (nSPS) is 10.8. The first-order valence-corrected chi connectivity index (χ1v) is 9.14. The maximum absolute atomic E-state index is 11.2. The van der Waals surface area contributed by atoms with Crippen LogP contribution >= 0.6 is 7.37 Å². The van der Waals surface area contributed by atoms with Gasteiger partial charge in [0, 0.05) is 13.3 Å². The van der Waals surface area contributed by atoms with Crippen LogP contribution in [-0.4, -0.2) is 25.4 Å². The maximum atomic E-state index is 11.2. The van der Waals surface area contributed by atoms with Crippen LogP contribution in [0.2, 0.25) is 0 Å². The Morgan fingerprint density at radius 1 is 1.05 bits per heavy atom. The highest BCUT2D eigenvalue weighted by molar-refractivity contribution is 7.57. The van der Waals surface area contributed by atoms with Crippen LogP contribution in [0.15, 0.2) is 30.3 Å². The second-order valence-electron chi connectivity index (χ2n) is 5.30. The van der Waals surface area contributed by atoms with Gasteiger partial charge in [0.05, 0.1) is 12.0 Å². The van der Waals surface area contributed by atoms with Gasteiger partial charge in [0.2, 0.25) is 7.37 Å². The molecular formula is C15H25O4P. The van der Waals surface area contributed by atoms with Crippen molar-refractivity contribution in [1.29, 1.82) is 0 Å². The second kappa shape index (κ2) is 8.80. The van der Waals surface area contributed by atoms with Gasteiger partial charge in [0.15, 0.2) is 0 Å². The van der Waals surface area contributed by atoms with E-state index >= 15 is 0 Å². The van der Waals surface area contributed by atoms with E-state index in [0.717, 1.165) is 0 Å². The van der Waals surface area contributed by atoms with Gasteiger partial charge >= 0.3 is 5.97 Å². The lowest BCUT2D eigenvalue weighted by Crippen LogP contribution is -2.16. The van der Waals surface area contributed by atoms with Crippen LogP contribution in [-0.2, 0) is 14.1 Å². The van der Waals surface area contributed by atoms with E-state index < -0.39 is 7.37 Å². The van der Waals surface area contributed by atoms with Gasteiger partial charge in [-0.1, -0.05) is 32.0 Å². The molecule has 0 saturated heterocycles. The van der Waals surface area contributed by atoms with E-state index in [4.69, 9.17) is 9.26 Å². The summed E-state index contributed by atoms with van der Waals surface area (Å²) >= 11 is 0. The van der Waals surface area contributed by atoms with Crippen molar-refractivity contribution >= 4 is 13.3 Å². The van der Waals surface area contributed by atoms with E-state index in [9.17, 15) is 9.36 Å². The fourth-order valence-electron chi connectivity index (χ4n) is 1.10. The molecule has 0 bridgehead atoms. The van der Waals surface area contributed by atoms with Crippen molar-refractivity contribution in [3.63, 3.8) is 0 Å². The van der Waals surface area contributed by atoms with Crippen molar-refractivity contribution in [1.82, 2.24) is 0 Å². The fourth-order valence-corrected chi connectivity index (χ4v) is 1.73. The summed E-state index contributed by atoms with van der Waals surface area (Å²) < 4.78 is 21.2. The van der Waals surface area contributed by atoms with Crippen LogP contribution in [0, 0.1) is 5.92 Å². The number of rotatable bonds is 4. The maximum Gasteiger partial charge on any atom is 0.308 e. The molecule has 114 valence electrons. The summed E-state index contributed by atoms with van der Waals surface area (Å²) in [6, 6.07) is 9.18. The van der Waals surface area contributed by atoms with Crippen molar-refractivity contribution in [2.24, 2.45) is 5.92 Å². The summed E-state index contributed by atoms with van der Waals surface area (Å²) in [6.07, 6.45) is 0.0138. The Balaban J connectivity index is 0.000000370. The zero-order valence-electron chi connectivity index (χ0n) is 13.1. The van der Waals surface area contributed by atoms with Gasteiger partial charge < -0.3 is 9.26 Å². The van der Waals surface area contributed by atoms with Gasteiger partial charge in [-0.15, -0.1) is 0 Å². The molecule has 1 aromatic carbocycles. The van der Waals surface area contributed by atoms with Gasteiger partial charge in [-0.3, -0.25) is 9.36 Å². The summed E-state index contributed by atoms with van der Waals surface area (Å²) in [7, 11) is -2.39. The number of para-hydroxylation sites is 1. The van der Waals surface area contributed by atoms with E-state index in [1.54, 1.807) is 25.5 Å². The second-order valence-corrected chi connectivity index (χ2v) is 7.98. The van der Waals surface area contributed by atoms with E-state index in [1.165, 1.54) is 0 Å². The van der Waals surface area contributed by atoms with Gasteiger partial charge in [-0.05, 0) is 26.0 Å². The van der Waals surface area contributed by atoms with Crippen LogP contribution in [0.1, 0.15) is 27.7 Å². The van der Waals surface area contributed by atoms with E-state index in [0.29, 0.717) is 5.75 Å². The first-order valence-electron chi connectivity index (χ1n) is 6.62. The van der Waals surface area contributed by atoms with Crippen molar-refractivity contribution in [2.75, 3.05) is 13.3 Å². The highest BCUT2D eigenvalue weighted by atomic mass is 31.2. The fraction of sp³-hybridized carbons (Fsp3) is 0.533. The van der Waals surface area contributed by atoms with Crippen LogP contribution < -0.4 is 4.52 Å². The smallest absolute Gasteiger partial charge is 0.308 e. The molecule has 1 aromatic rings. The number of benzene rings is 1. The predicted molar refractivity (Wildman–Crippen MR) is 82.6 cm³/mol. The number of hydrogen-bond acceptors (Lipinski definition) is 4. The molecule has 0 fully saturated rings. The molecule has 1 rings (SSSR count). The molecule has 20 heavy (non-hydrogen) atoms. The Morgan fingerprint density at radius 2 is 1.55 bits per heavy atom. The quantitative estimate of drug-likeness (QED) is 0.618. The lowest BCUT2D eigenvalue weighted by atomic mass is 10.2. The van der Waals surface area contributed by atoms with Gasteiger partial charge in [0.25, 0.3) is 0 Å². The van der Waals surface area contributed by atoms with Crippen molar-refractivity contribution in [3.8, 4) is 5.75 Å². The lowest BCUT2D eigenvalue weighted by molar-refractivity contribution is -0.151. The summed E-state index contributed by atoms with van der Waals surface area (Å²) in [6.45, 7) is 10.5. The average Bonchev–Trinajstić information content (AvgIpc) is 2.27. The third-order valence-electron chi connectivity index (χ3n) is 1.89. The molecule has 0 heterocycles. The summed E-state index contributed by atoms with van der Waals surface area (Å²) in [4.78, 5) is 10.7. The van der Waals surface area contributed by atoms with Gasteiger partial charge in [-0.25, -0.2) is 0 Å². The average molecular weight is 300 g/mol. The standard InChI is InChI=1S/C8H11O2P.C7H14O2/c1-11(2,9)10-8-6-4-3-5-7-8;1-5(2)7(8)9-6(3)4/h3-7H,1-2H3;5-6H,1-4H3. The lowest BCUT2D eigenvalue weighted by Gasteiger charge is -2.08. The minimum absolute atomic E-state index is 0.00704. The van der Waals surface area contributed by atoms with Gasteiger partial charge in [0.1, 0.15) is 5.75 Å². The zero-order chi connectivity index (χ0) is 15.8. The summed E-state index contributed by atoms with van der Waals surface area (Å²) in [5.41, 5.74) is 0. The van der Waals surface area contributed by atoms with Crippen molar-refractivity contribution in [2.45, 2.75) is 33.8 Å². The summed E-state index contributed by atoms with van der Waals surface area (Å²) in [5, 5.41) is 0. The number of esters is 1. The van der Waals surface area contributed by atoms with Crippen molar-refractivity contribution < 1.29 is 18.6 Å². The van der Waals surface area contributed by atoms with Gasteiger partial charge in [-0.2, -0.15) is 0 Å². The number of carbonyl (C=O) groups excluding carboxylic acids is 1. The molecule has 0 spiro atoms. The molecule has 5 heteroatoms. The molecule has 0 aliphatic carbocycles. The summed E-state index contributed by atoms with van der Waals surface area (Å²) in [5.74, 6) is 0.540. The zero-order valence-corrected chi connectivity index (χ0v) is 14.0. The number of ether oxygens (including phenoxy) is 1. The third-order valence-corrected chi connectivity index (χ3v) is 2.54. The molecule has 0 aliphatic heterocycles. The SMILES string of the molecule is CC(C)OC(=O)C(C)C.CP(C)(=O)Oc1ccccc1. The highest BCUT2D eigenvalue weighted by Gasteiger charge is 2.09. The largest absolute Gasteiger partial charge is 0.463 e. The van der Waals surface area contributed by atoms with E-state index in [-0.39, 0.29) is 18.0 Å². The Labute approximate surface area is 121 Å². The number of hydrogen-bond donors (Lipinski definition) is 0. The molecule has 4 nitrogen and oxygen atoms in total. The predicted octanol–water partition coefficient (Wildman–Crippen LogP) is 4.20. The number of carbonyl (C=O) groups is 1. The monoisotopic (exact) mass is 300 g/mol. The molecule has 0 radical (unpaired) electrons. The minimum atomic E-state index is -2.39. The minimum Gasteiger partial charge on any atom is -0.463 e. The Morgan fingerprint density at radius 3 is 1.85 bits per heavy atom.